The third-order valence-corrected chi connectivity index (χ3v) is 9.10. The molecule has 0 saturated heterocycles. The van der Waals surface area contributed by atoms with Crippen molar-refractivity contribution in [3.63, 3.8) is 0 Å². The minimum atomic E-state index is 0.646. The van der Waals surface area contributed by atoms with Crippen LogP contribution in [0.4, 0.5) is 0 Å². The Kier molecular flexibility index (Phi) is 6.80. The van der Waals surface area contributed by atoms with Gasteiger partial charge in [0.2, 0.25) is 0 Å². The molecule has 0 amide bonds. The molecule has 0 atom stereocenters. The van der Waals surface area contributed by atoms with Crippen LogP contribution in [0, 0.1) is 0 Å². The van der Waals surface area contributed by atoms with Crippen molar-refractivity contribution in [2.75, 3.05) is 0 Å². The van der Waals surface area contributed by atoms with Gasteiger partial charge in [0.1, 0.15) is 0 Å². The Bertz CT molecular complexity index is 2610. The molecule has 0 bridgehead atoms. The van der Waals surface area contributed by atoms with Crippen LogP contribution < -0.4 is 0 Å². The summed E-state index contributed by atoms with van der Waals surface area (Å²) in [5.74, 6) is 1.95. The summed E-state index contributed by atoms with van der Waals surface area (Å²) >= 11 is 0. The van der Waals surface area contributed by atoms with Gasteiger partial charge in [0.15, 0.2) is 17.5 Å². The van der Waals surface area contributed by atoms with Gasteiger partial charge in [-0.25, -0.2) is 15.0 Å². The quantitative estimate of drug-likeness (QED) is 0.194. The van der Waals surface area contributed by atoms with Crippen LogP contribution in [-0.4, -0.2) is 15.0 Å². The normalized spacial score (nSPS) is 11.3. The summed E-state index contributed by atoms with van der Waals surface area (Å²) in [4.78, 5) is 15.3. The van der Waals surface area contributed by atoms with Gasteiger partial charge in [-0.05, 0) is 72.8 Å². The van der Waals surface area contributed by atoms with Crippen LogP contribution in [0.5, 0.6) is 0 Å². The van der Waals surface area contributed by atoms with E-state index in [4.69, 9.17) is 15.0 Å². The van der Waals surface area contributed by atoms with E-state index < -0.39 is 0 Å². The third kappa shape index (κ3) is 5.08. The van der Waals surface area contributed by atoms with Gasteiger partial charge in [-0.15, -0.1) is 0 Å². The second-order valence-electron chi connectivity index (χ2n) is 12.1. The van der Waals surface area contributed by atoms with Crippen molar-refractivity contribution in [2.24, 2.45) is 0 Å². The van der Waals surface area contributed by atoms with E-state index in [0.717, 1.165) is 38.4 Å². The average molecular weight is 612 g/mol. The van der Waals surface area contributed by atoms with Crippen LogP contribution in [0.3, 0.4) is 0 Å². The van der Waals surface area contributed by atoms with Crippen LogP contribution in [0.15, 0.2) is 176 Å². The summed E-state index contributed by atoms with van der Waals surface area (Å²) < 4.78 is 0. The lowest BCUT2D eigenvalue weighted by atomic mass is 9.95. The molecule has 0 aliphatic rings. The minimum absolute atomic E-state index is 0.646. The Hall–Kier alpha value is -6.45. The Morgan fingerprint density at radius 1 is 0.250 bits per heavy atom. The van der Waals surface area contributed by atoms with Gasteiger partial charge in [0.05, 0.1) is 0 Å². The molecule has 9 rings (SSSR count). The fraction of sp³-hybridized carbons (Fsp3) is 0. The number of rotatable bonds is 5. The zero-order valence-corrected chi connectivity index (χ0v) is 26.1. The van der Waals surface area contributed by atoms with Crippen LogP contribution in [-0.2, 0) is 0 Å². The van der Waals surface area contributed by atoms with E-state index in [1.54, 1.807) is 0 Å². The highest BCUT2D eigenvalue weighted by Crippen LogP contribution is 2.35. The molecule has 0 N–H and O–H groups in total. The van der Waals surface area contributed by atoms with Crippen molar-refractivity contribution in [2.45, 2.75) is 0 Å². The molecular weight excluding hydrogens is 583 g/mol. The zero-order valence-electron chi connectivity index (χ0n) is 26.1. The molecule has 0 aliphatic carbocycles. The molecule has 0 fully saturated rings. The van der Waals surface area contributed by atoms with Gasteiger partial charge >= 0.3 is 0 Å². The Morgan fingerprint density at radius 2 is 0.812 bits per heavy atom. The predicted molar refractivity (Wildman–Crippen MR) is 200 cm³/mol. The molecule has 3 heteroatoms. The standard InChI is InChI=1S/C45H29N3/c1-3-11-30(12-4-1)35-23-22-32-17-9-20-41(42(32)29-35)45-47-43(33-14-5-2-6-15-33)46-44(48-45)38-25-26-40-36(28-38)18-10-19-39(40)37-24-21-31-13-7-8-16-34(31)27-37/h1-29H. The highest BCUT2D eigenvalue weighted by Gasteiger charge is 2.16. The molecule has 224 valence electrons. The number of hydrogen-bond donors (Lipinski definition) is 0. The van der Waals surface area contributed by atoms with Crippen molar-refractivity contribution < 1.29 is 0 Å². The third-order valence-electron chi connectivity index (χ3n) is 9.10. The fourth-order valence-corrected chi connectivity index (χ4v) is 6.65. The molecule has 9 aromatic rings. The van der Waals surface area contributed by atoms with Crippen molar-refractivity contribution >= 4 is 32.3 Å². The summed E-state index contributed by atoms with van der Waals surface area (Å²) in [7, 11) is 0. The smallest absolute Gasteiger partial charge is 0.164 e. The molecule has 1 aromatic heterocycles. The molecule has 8 aromatic carbocycles. The summed E-state index contributed by atoms with van der Waals surface area (Å²) in [6.07, 6.45) is 0. The van der Waals surface area contributed by atoms with Gasteiger partial charge in [0, 0.05) is 16.7 Å². The van der Waals surface area contributed by atoms with Crippen molar-refractivity contribution in [3.05, 3.63) is 176 Å². The first-order valence-electron chi connectivity index (χ1n) is 16.2. The van der Waals surface area contributed by atoms with Crippen LogP contribution in [0.25, 0.3) is 88.7 Å². The Balaban J connectivity index is 1.20. The first-order valence-corrected chi connectivity index (χ1v) is 16.2. The maximum Gasteiger partial charge on any atom is 0.164 e. The summed E-state index contributed by atoms with van der Waals surface area (Å²) in [5, 5.41) is 7.05. The highest BCUT2D eigenvalue weighted by atomic mass is 15.0. The van der Waals surface area contributed by atoms with Crippen LogP contribution in [0.1, 0.15) is 0 Å². The second-order valence-corrected chi connectivity index (χ2v) is 12.1. The lowest BCUT2D eigenvalue weighted by molar-refractivity contribution is 1.08. The highest BCUT2D eigenvalue weighted by molar-refractivity contribution is 6.01. The van der Waals surface area contributed by atoms with E-state index >= 15 is 0 Å². The Morgan fingerprint density at radius 3 is 1.62 bits per heavy atom. The molecule has 48 heavy (non-hydrogen) atoms. The summed E-state index contributed by atoms with van der Waals surface area (Å²) in [5.41, 5.74) is 7.61. The maximum atomic E-state index is 5.15. The van der Waals surface area contributed by atoms with E-state index in [9.17, 15) is 0 Å². The van der Waals surface area contributed by atoms with Crippen LogP contribution >= 0.6 is 0 Å². The number of fused-ring (bicyclic) bond motifs is 3. The molecule has 0 radical (unpaired) electrons. The molecule has 3 nitrogen and oxygen atoms in total. The number of nitrogens with zero attached hydrogens (tertiary/aromatic N) is 3. The topological polar surface area (TPSA) is 38.7 Å². The number of benzene rings is 8. The predicted octanol–water partition coefficient (Wildman–Crippen LogP) is 11.7. The first-order chi connectivity index (χ1) is 23.8. The van der Waals surface area contributed by atoms with E-state index in [0.29, 0.717) is 17.5 Å². The molecule has 0 unspecified atom stereocenters. The van der Waals surface area contributed by atoms with Crippen molar-refractivity contribution in [1.82, 2.24) is 15.0 Å². The monoisotopic (exact) mass is 611 g/mol. The SMILES string of the molecule is c1ccc(-c2ccc3cccc(-c4nc(-c5ccccc5)nc(-c5ccc6c(-c7ccc8ccccc8c7)cccc6c5)n4)c3c2)cc1. The minimum Gasteiger partial charge on any atom is -0.208 e. The zero-order chi connectivity index (χ0) is 31.9. The van der Waals surface area contributed by atoms with Gasteiger partial charge in [-0.3, -0.25) is 0 Å². The van der Waals surface area contributed by atoms with E-state index in [2.05, 4.69) is 152 Å². The van der Waals surface area contributed by atoms with Gasteiger partial charge < -0.3 is 0 Å². The molecular formula is C45H29N3. The Labute approximate surface area is 278 Å². The molecule has 1 heterocycles. The second kappa shape index (κ2) is 11.7. The molecule has 0 spiro atoms. The van der Waals surface area contributed by atoms with Gasteiger partial charge in [-0.1, -0.05) is 158 Å². The lowest BCUT2D eigenvalue weighted by Crippen LogP contribution is -2.00. The number of hydrogen-bond acceptors (Lipinski definition) is 3. The van der Waals surface area contributed by atoms with Gasteiger partial charge in [0.25, 0.3) is 0 Å². The van der Waals surface area contributed by atoms with Crippen molar-refractivity contribution in [3.8, 4) is 56.4 Å². The molecule has 0 saturated carbocycles. The largest absolute Gasteiger partial charge is 0.208 e. The summed E-state index contributed by atoms with van der Waals surface area (Å²) in [6, 6.07) is 61.8. The first kappa shape index (κ1) is 27.8. The average Bonchev–Trinajstić information content (AvgIpc) is 3.17. The van der Waals surface area contributed by atoms with Crippen LogP contribution in [0.2, 0.25) is 0 Å². The van der Waals surface area contributed by atoms with E-state index in [1.165, 1.54) is 32.8 Å². The van der Waals surface area contributed by atoms with Crippen molar-refractivity contribution in [1.29, 1.82) is 0 Å². The van der Waals surface area contributed by atoms with Gasteiger partial charge in [-0.2, -0.15) is 0 Å². The molecule has 0 aliphatic heterocycles. The maximum absolute atomic E-state index is 5.15. The van der Waals surface area contributed by atoms with E-state index in [1.807, 2.05) is 24.3 Å². The lowest BCUT2D eigenvalue weighted by Gasteiger charge is -2.12. The van der Waals surface area contributed by atoms with E-state index in [-0.39, 0.29) is 0 Å². The summed E-state index contributed by atoms with van der Waals surface area (Å²) in [6.45, 7) is 0. The fourth-order valence-electron chi connectivity index (χ4n) is 6.65. The number of aromatic nitrogens is 3.